The van der Waals surface area contributed by atoms with Crippen LogP contribution in [-0.4, -0.2) is 43.3 Å². The van der Waals surface area contributed by atoms with Gasteiger partial charge in [0, 0.05) is 17.4 Å². The minimum atomic E-state index is -1.53. The molecule has 0 spiro atoms. The number of pyridine rings is 1. The van der Waals surface area contributed by atoms with Gasteiger partial charge in [-0.1, -0.05) is 5.75 Å². The predicted octanol–water partition coefficient (Wildman–Crippen LogP) is 0.435. The number of aliphatic carboxylic acids is 1. The first-order valence-electron chi connectivity index (χ1n) is 6.52. The minimum absolute atomic E-state index is 0.0899. The van der Waals surface area contributed by atoms with Gasteiger partial charge in [-0.2, -0.15) is 0 Å². The van der Waals surface area contributed by atoms with Crippen LogP contribution >= 0.6 is 0 Å². The lowest BCUT2D eigenvalue weighted by Crippen LogP contribution is -2.09. The van der Waals surface area contributed by atoms with Crippen LogP contribution in [0.3, 0.4) is 0 Å². The van der Waals surface area contributed by atoms with E-state index in [2.05, 4.69) is 4.98 Å². The number of phenolic OH excluding ortho intramolecular Hbond substituents is 1. The van der Waals surface area contributed by atoms with E-state index in [1.807, 2.05) is 0 Å². The number of hydrogen-bond donors (Lipinski definition) is 4. The summed E-state index contributed by atoms with van der Waals surface area (Å²) in [6.45, 7) is 0. The van der Waals surface area contributed by atoms with Gasteiger partial charge < -0.3 is 25.5 Å². The van der Waals surface area contributed by atoms with Crippen LogP contribution in [0.25, 0.3) is 17.0 Å². The zero-order valence-corrected chi connectivity index (χ0v) is 11.7. The van der Waals surface area contributed by atoms with E-state index in [9.17, 15) is 29.7 Å². The summed E-state index contributed by atoms with van der Waals surface area (Å²) in [7, 11) is 0. The average molecular weight is 330 g/mol. The number of nitrogens with zero attached hydrogens (tertiary/aromatic N) is 1. The second-order valence-electron chi connectivity index (χ2n) is 5.11. The summed E-state index contributed by atoms with van der Waals surface area (Å²) in [5, 5.41) is 49.5. The molecule has 0 saturated heterocycles. The Balaban J connectivity index is 2.47. The number of carbonyl (C=O) groups is 3. The smallest absolute Gasteiger partial charge is 0.354 e. The lowest BCUT2D eigenvalue weighted by molar-refractivity contribution is -0.270. The van der Waals surface area contributed by atoms with E-state index in [1.54, 1.807) is 0 Å². The fourth-order valence-electron chi connectivity index (χ4n) is 2.70. The van der Waals surface area contributed by atoms with Crippen LogP contribution in [0.1, 0.15) is 32.0 Å². The first-order chi connectivity index (χ1) is 11.2. The molecule has 1 aromatic carbocycles. The molecule has 1 aromatic heterocycles. The molecule has 0 unspecified atom stereocenters. The molecule has 2 aromatic rings. The van der Waals surface area contributed by atoms with Gasteiger partial charge in [0.2, 0.25) is 0 Å². The van der Waals surface area contributed by atoms with Crippen molar-refractivity contribution in [1.82, 2.24) is 4.98 Å². The normalized spacial score (nSPS) is 12.8. The molecule has 0 amide bonds. The van der Waals surface area contributed by atoms with Crippen LogP contribution in [0.15, 0.2) is 11.6 Å². The molecular weight excluding hydrogens is 322 g/mol. The van der Waals surface area contributed by atoms with Crippen molar-refractivity contribution in [2.75, 3.05) is 0 Å². The summed E-state index contributed by atoms with van der Waals surface area (Å²) in [5.74, 6) is -6.16. The van der Waals surface area contributed by atoms with Crippen LogP contribution in [0, 0.1) is 0 Å². The zero-order chi connectivity index (χ0) is 17.8. The van der Waals surface area contributed by atoms with Gasteiger partial charge in [-0.3, -0.25) is 0 Å². The zero-order valence-electron chi connectivity index (χ0n) is 11.7. The Bertz CT molecular complexity index is 989. The van der Waals surface area contributed by atoms with Crippen molar-refractivity contribution >= 4 is 34.9 Å². The highest BCUT2D eigenvalue weighted by atomic mass is 16.4. The SMILES string of the molecule is O=C(O)C1=Cc2c([O-])c(O)c3nc(C(=O)O)cc(C(=O)O)c3c2C1. The third kappa shape index (κ3) is 2.02. The molecule has 0 aliphatic heterocycles. The standard InChI is InChI=1S/C15H9NO8/c17-11-6-2-4(13(19)20)1-5(6)9-7(14(21)22)3-8(15(23)24)16-10(9)12(11)18/h2-3,17-18H,1H2,(H,19,20)(H,21,22)(H,23,24)/p-1. The molecule has 122 valence electrons. The van der Waals surface area contributed by atoms with E-state index in [4.69, 9.17) is 10.2 Å². The number of carboxylic acids is 3. The summed E-state index contributed by atoms with van der Waals surface area (Å²) in [5.41, 5.74) is -1.80. The quantitative estimate of drug-likeness (QED) is 0.623. The van der Waals surface area contributed by atoms with Crippen molar-refractivity contribution < 1.29 is 39.9 Å². The molecule has 0 radical (unpaired) electrons. The van der Waals surface area contributed by atoms with Crippen LogP contribution in [0.4, 0.5) is 0 Å². The molecule has 0 atom stereocenters. The average Bonchev–Trinajstić information content (AvgIpc) is 2.96. The predicted molar refractivity (Wildman–Crippen MR) is 76.1 cm³/mol. The molecule has 1 aliphatic rings. The first kappa shape index (κ1) is 15.3. The molecule has 9 nitrogen and oxygen atoms in total. The molecular formula is C15H8NO8-. The Labute approximate surface area is 132 Å². The van der Waals surface area contributed by atoms with Crippen molar-refractivity contribution in [3.05, 3.63) is 34.0 Å². The highest BCUT2D eigenvalue weighted by Gasteiger charge is 2.27. The van der Waals surface area contributed by atoms with Gasteiger partial charge in [0.1, 0.15) is 17.0 Å². The molecule has 3 rings (SSSR count). The number of hydrogen-bond acceptors (Lipinski definition) is 6. The monoisotopic (exact) mass is 330 g/mol. The van der Waals surface area contributed by atoms with E-state index in [1.165, 1.54) is 0 Å². The number of benzene rings is 1. The lowest BCUT2D eigenvalue weighted by atomic mass is 9.96. The second-order valence-corrected chi connectivity index (χ2v) is 5.11. The molecule has 4 N–H and O–H groups in total. The number of phenols is 1. The Morgan fingerprint density at radius 1 is 1.08 bits per heavy atom. The first-order valence-corrected chi connectivity index (χ1v) is 6.52. The second kappa shape index (κ2) is 4.95. The highest BCUT2D eigenvalue weighted by Crippen LogP contribution is 2.44. The maximum atomic E-state index is 12.2. The fourth-order valence-corrected chi connectivity index (χ4v) is 2.70. The van der Waals surface area contributed by atoms with Gasteiger partial charge in [-0.15, -0.1) is 0 Å². The van der Waals surface area contributed by atoms with Gasteiger partial charge in [0.05, 0.1) is 5.56 Å². The molecule has 1 heterocycles. The Morgan fingerprint density at radius 2 is 1.75 bits per heavy atom. The van der Waals surface area contributed by atoms with Crippen LogP contribution < -0.4 is 5.11 Å². The molecule has 0 fully saturated rings. The highest BCUT2D eigenvalue weighted by molar-refractivity contribution is 6.11. The molecule has 0 bridgehead atoms. The Hall–Kier alpha value is -3.62. The van der Waals surface area contributed by atoms with Gasteiger partial charge in [0.15, 0.2) is 0 Å². The fraction of sp³-hybridized carbons (Fsp3) is 0.0667. The van der Waals surface area contributed by atoms with E-state index >= 15 is 0 Å². The number of aromatic hydroxyl groups is 1. The van der Waals surface area contributed by atoms with Crippen LogP contribution in [-0.2, 0) is 11.2 Å². The molecule has 1 aliphatic carbocycles. The number of rotatable bonds is 3. The van der Waals surface area contributed by atoms with Gasteiger partial charge >= 0.3 is 17.9 Å². The Kier molecular flexibility index (Phi) is 3.15. The summed E-state index contributed by atoms with van der Waals surface area (Å²) in [4.78, 5) is 37.3. The van der Waals surface area contributed by atoms with Crippen molar-refractivity contribution in [1.29, 1.82) is 0 Å². The van der Waals surface area contributed by atoms with Gasteiger partial charge in [-0.25, -0.2) is 19.4 Å². The maximum Gasteiger partial charge on any atom is 0.354 e. The van der Waals surface area contributed by atoms with E-state index in [0.29, 0.717) is 0 Å². The third-order valence-electron chi connectivity index (χ3n) is 3.74. The largest absolute Gasteiger partial charge is 0.870 e. The van der Waals surface area contributed by atoms with E-state index in [0.717, 1.165) is 12.1 Å². The summed E-state index contributed by atoms with van der Waals surface area (Å²) < 4.78 is 0. The lowest BCUT2D eigenvalue weighted by Gasteiger charge is -2.18. The Morgan fingerprint density at radius 3 is 2.29 bits per heavy atom. The van der Waals surface area contributed by atoms with Crippen molar-refractivity contribution in [2.45, 2.75) is 6.42 Å². The minimum Gasteiger partial charge on any atom is -0.870 e. The topological polar surface area (TPSA) is 168 Å². The van der Waals surface area contributed by atoms with Crippen molar-refractivity contribution in [2.24, 2.45) is 0 Å². The van der Waals surface area contributed by atoms with Crippen LogP contribution in [0.2, 0.25) is 0 Å². The van der Waals surface area contributed by atoms with E-state index in [-0.39, 0.29) is 28.5 Å². The van der Waals surface area contributed by atoms with Crippen molar-refractivity contribution in [3.8, 4) is 11.5 Å². The third-order valence-corrected chi connectivity index (χ3v) is 3.74. The number of aromatic nitrogens is 1. The van der Waals surface area contributed by atoms with Gasteiger partial charge in [0.25, 0.3) is 0 Å². The van der Waals surface area contributed by atoms with Crippen molar-refractivity contribution in [3.63, 3.8) is 0 Å². The molecule has 24 heavy (non-hydrogen) atoms. The summed E-state index contributed by atoms with van der Waals surface area (Å²) in [6, 6.07) is 0.802. The summed E-state index contributed by atoms with van der Waals surface area (Å²) in [6.07, 6.45) is 0.834. The van der Waals surface area contributed by atoms with E-state index < -0.39 is 46.2 Å². The summed E-state index contributed by atoms with van der Waals surface area (Å²) >= 11 is 0. The maximum absolute atomic E-state index is 12.2. The number of carboxylic acid groups (broad SMARTS) is 3. The number of fused-ring (bicyclic) bond motifs is 3. The molecule has 0 saturated carbocycles. The van der Waals surface area contributed by atoms with Crippen LogP contribution in [0.5, 0.6) is 11.5 Å². The molecule has 9 heteroatoms. The number of aromatic carboxylic acids is 2. The van der Waals surface area contributed by atoms with Gasteiger partial charge in [-0.05, 0) is 23.3 Å².